The van der Waals surface area contributed by atoms with Crippen molar-refractivity contribution in [3.05, 3.63) is 64.7 Å². The van der Waals surface area contributed by atoms with E-state index in [0.717, 1.165) is 17.7 Å². The number of nitrogens with one attached hydrogen (secondary N) is 1. The highest BCUT2D eigenvalue weighted by atomic mass is 16.5. The van der Waals surface area contributed by atoms with E-state index < -0.39 is 0 Å². The van der Waals surface area contributed by atoms with Crippen molar-refractivity contribution in [2.45, 2.75) is 39.0 Å². The lowest BCUT2D eigenvalue weighted by molar-refractivity contribution is -0.120. The Kier molecular flexibility index (Phi) is 5.52. The summed E-state index contributed by atoms with van der Waals surface area (Å²) in [6.07, 6.45) is 5.32. The summed E-state index contributed by atoms with van der Waals surface area (Å²) in [6, 6.07) is 14.4. The zero-order valence-corrected chi connectivity index (χ0v) is 14.3. The van der Waals surface area contributed by atoms with Crippen molar-refractivity contribution in [2.75, 3.05) is 13.2 Å². The molecule has 0 saturated heterocycles. The highest BCUT2D eigenvalue weighted by Crippen LogP contribution is 2.22. The predicted molar refractivity (Wildman–Crippen MR) is 96.5 cm³/mol. The maximum absolute atomic E-state index is 12.1. The second-order valence-corrected chi connectivity index (χ2v) is 6.50. The van der Waals surface area contributed by atoms with Gasteiger partial charge in [-0.15, -0.1) is 0 Å². The molecule has 0 fully saturated rings. The Morgan fingerprint density at radius 1 is 1.08 bits per heavy atom. The van der Waals surface area contributed by atoms with Crippen LogP contribution in [-0.2, 0) is 24.1 Å². The highest BCUT2D eigenvalue weighted by molar-refractivity contribution is 5.78. The zero-order chi connectivity index (χ0) is 16.8. The van der Waals surface area contributed by atoms with Crippen molar-refractivity contribution in [3.8, 4) is 5.75 Å². The summed E-state index contributed by atoms with van der Waals surface area (Å²) in [5.74, 6) is 0.900. The lowest BCUT2D eigenvalue weighted by Crippen LogP contribution is -2.29. The van der Waals surface area contributed by atoms with Crippen molar-refractivity contribution in [2.24, 2.45) is 0 Å². The molecule has 0 bridgehead atoms. The van der Waals surface area contributed by atoms with E-state index >= 15 is 0 Å². The third kappa shape index (κ3) is 4.60. The van der Waals surface area contributed by atoms with Gasteiger partial charge >= 0.3 is 0 Å². The number of hydrogen-bond acceptors (Lipinski definition) is 2. The second kappa shape index (κ2) is 8.00. The maximum atomic E-state index is 12.1. The van der Waals surface area contributed by atoms with Crippen molar-refractivity contribution in [3.63, 3.8) is 0 Å². The molecule has 0 aromatic heterocycles. The van der Waals surface area contributed by atoms with E-state index in [1.807, 2.05) is 31.2 Å². The molecule has 1 aliphatic rings. The van der Waals surface area contributed by atoms with Gasteiger partial charge in [-0.25, -0.2) is 0 Å². The van der Waals surface area contributed by atoms with Crippen LogP contribution < -0.4 is 10.1 Å². The van der Waals surface area contributed by atoms with Gasteiger partial charge in [0.1, 0.15) is 12.4 Å². The molecule has 0 atom stereocenters. The zero-order valence-electron chi connectivity index (χ0n) is 14.3. The Bertz CT molecular complexity index is 709. The summed E-state index contributed by atoms with van der Waals surface area (Å²) in [7, 11) is 0. The summed E-state index contributed by atoms with van der Waals surface area (Å²) < 4.78 is 5.65. The summed E-state index contributed by atoms with van der Waals surface area (Å²) in [6.45, 7) is 3.05. The Balaban J connectivity index is 1.42. The molecule has 0 heterocycles. The van der Waals surface area contributed by atoms with E-state index in [1.165, 1.54) is 36.0 Å². The van der Waals surface area contributed by atoms with E-state index in [9.17, 15) is 4.79 Å². The van der Waals surface area contributed by atoms with Gasteiger partial charge in [-0.1, -0.05) is 30.3 Å². The SMILES string of the molecule is Cc1cccc(OCCNC(=O)Cc2ccc3c(c2)CCCC3)c1. The first-order valence-corrected chi connectivity index (χ1v) is 8.77. The molecule has 0 radical (unpaired) electrons. The van der Waals surface area contributed by atoms with Gasteiger partial charge in [0.15, 0.2) is 0 Å². The highest BCUT2D eigenvalue weighted by Gasteiger charge is 2.11. The molecule has 1 N–H and O–H groups in total. The van der Waals surface area contributed by atoms with E-state index in [2.05, 4.69) is 23.5 Å². The van der Waals surface area contributed by atoms with Gasteiger partial charge < -0.3 is 10.1 Å². The van der Waals surface area contributed by atoms with Crippen LogP contribution in [-0.4, -0.2) is 19.1 Å². The first-order valence-electron chi connectivity index (χ1n) is 8.77. The van der Waals surface area contributed by atoms with E-state index in [4.69, 9.17) is 4.74 Å². The minimum Gasteiger partial charge on any atom is -0.492 e. The molecular weight excluding hydrogens is 298 g/mol. The van der Waals surface area contributed by atoms with Crippen LogP contribution in [0.3, 0.4) is 0 Å². The number of amides is 1. The average Bonchev–Trinajstić information content (AvgIpc) is 2.59. The third-order valence-corrected chi connectivity index (χ3v) is 4.46. The average molecular weight is 323 g/mol. The number of rotatable bonds is 6. The molecule has 3 heteroatoms. The summed E-state index contributed by atoms with van der Waals surface area (Å²) in [4.78, 5) is 12.1. The van der Waals surface area contributed by atoms with Crippen molar-refractivity contribution >= 4 is 5.91 Å². The normalized spacial score (nSPS) is 13.2. The van der Waals surface area contributed by atoms with Crippen molar-refractivity contribution in [1.29, 1.82) is 0 Å². The molecule has 2 aromatic carbocycles. The minimum absolute atomic E-state index is 0.0543. The lowest BCUT2D eigenvalue weighted by Gasteiger charge is -2.16. The van der Waals surface area contributed by atoms with Gasteiger partial charge in [0, 0.05) is 0 Å². The molecular formula is C21H25NO2. The van der Waals surface area contributed by atoms with Crippen LogP contribution in [0, 0.1) is 6.92 Å². The van der Waals surface area contributed by atoms with E-state index in [-0.39, 0.29) is 5.91 Å². The van der Waals surface area contributed by atoms with Gasteiger partial charge in [-0.05, 0) is 67.0 Å². The van der Waals surface area contributed by atoms with E-state index in [1.54, 1.807) is 0 Å². The Morgan fingerprint density at radius 3 is 2.75 bits per heavy atom. The molecule has 0 spiro atoms. The standard InChI is InChI=1S/C21H25NO2/c1-16-5-4-8-20(13-16)24-12-11-22-21(23)15-17-9-10-18-6-2-3-7-19(18)14-17/h4-5,8-10,13-14H,2-3,6-7,11-12,15H2,1H3,(H,22,23). The van der Waals surface area contributed by atoms with Crippen LogP contribution in [0.25, 0.3) is 0 Å². The molecule has 24 heavy (non-hydrogen) atoms. The summed E-state index contributed by atoms with van der Waals surface area (Å²) in [5, 5.41) is 2.93. The predicted octanol–water partition coefficient (Wildman–Crippen LogP) is 3.61. The monoisotopic (exact) mass is 323 g/mol. The Morgan fingerprint density at radius 2 is 1.92 bits per heavy atom. The molecule has 0 aliphatic heterocycles. The van der Waals surface area contributed by atoms with Crippen LogP contribution in [0.2, 0.25) is 0 Å². The van der Waals surface area contributed by atoms with Crippen molar-refractivity contribution < 1.29 is 9.53 Å². The van der Waals surface area contributed by atoms with Gasteiger partial charge in [0.05, 0.1) is 13.0 Å². The second-order valence-electron chi connectivity index (χ2n) is 6.50. The summed E-state index contributed by atoms with van der Waals surface area (Å²) in [5.41, 5.74) is 5.16. The fourth-order valence-electron chi connectivity index (χ4n) is 3.21. The number of fused-ring (bicyclic) bond motifs is 1. The minimum atomic E-state index is 0.0543. The fraction of sp³-hybridized carbons (Fsp3) is 0.381. The van der Waals surface area contributed by atoms with Gasteiger partial charge in [-0.2, -0.15) is 0 Å². The summed E-state index contributed by atoms with van der Waals surface area (Å²) >= 11 is 0. The van der Waals surface area contributed by atoms with Gasteiger partial charge in [0.2, 0.25) is 5.91 Å². The number of carbonyl (C=O) groups is 1. The topological polar surface area (TPSA) is 38.3 Å². The van der Waals surface area contributed by atoms with E-state index in [0.29, 0.717) is 19.6 Å². The van der Waals surface area contributed by atoms with Crippen LogP contribution in [0.1, 0.15) is 35.1 Å². The number of hydrogen-bond donors (Lipinski definition) is 1. The van der Waals surface area contributed by atoms with Gasteiger partial charge in [-0.3, -0.25) is 4.79 Å². The molecule has 2 aromatic rings. The largest absolute Gasteiger partial charge is 0.492 e. The van der Waals surface area contributed by atoms with Crippen LogP contribution in [0.5, 0.6) is 5.75 Å². The molecule has 126 valence electrons. The molecule has 1 aliphatic carbocycles. The van der Waals surface area contributed by atoms with Crippen LogP contribution in [0.4, 0.5) is 0 Å². The lowest BCUT2D eigenvalue weighted by atomic mass is 9.90. The third-order valence-electron chi connectivity index (χ3n) is 4.46. The molecule has 0 saturated carbocycles. The first kappa shape index (κ1) is 16.6. The van der Waals surface area contributed by atoms with Crippen molar-refractivity contribution in [1.82, 2.24) is 5.32 Å². The van der Waals surface area contributed by atoms with Crippen LogP contribution >= 0.6 is 0 Å². The number of benzene rings is 2. The van der Waals surface area contributed by atoms with Gasteiger partial charge in [0.25, 0.3) is 0 Å². The molecule has 0 unspecified atom stereocenters. The molecule has 3 nitrogen and oxygen atoms in total. The molecule has 3 rings (SSSR count). The smallest absolute Gasteiger partial charge is 0.224 e. The quantitative estimate of drug-likeness (QED) is 0.825. The van der Waals surface area contributed by atoms with Crippen LogP contribution in [0.15, 0.2) is 42.5 Å². The first-order chi connectivity index (χ1) is 11.7. The number of carbonyl (C=O) groups excluding carboxylic acids is 1. The Hall–Kier alpha value is -2.29. The molecule has 1 amide bonds. The fourth-order valence-corrected chi connectivity index (χ4v) is 3.21. The number of ether oxygens (including phenoxy) is 1. The maximum Gasteiger partial charge on any atom is 0.224 e. The Labute approximate surface area is 144 Å². The number of aryl methyl sites for hydroxylation is 3.